The van der Waals surface area contributed by atoms with Crippen LogP contribution in [-0.4, -0.2) is 17.3 Å². The minimum atomic E-state index is 0.0696. The van der Waals surface area contributed by atoms with Crippen molar-refractivity contribution in [3.05, 3.63) is 52.9 Å². The van der Waals surface area contributed by atoms with E-state index in [4.69, 9.17) is 0 Å². The molecule has 1 radical (unpaired) electrons. The van der Waals surface area contributed by atoms with Gasteiger partial charge in [-0.05, 0) is 25.3 Å². The lowest BCUT2D eigenvalue weighted by molar-refractivity contribution is 0.104. The highest BCUT2D eigenvalue weighted by molar-refractivity contribution is 7.17. The molecule has 2 aromatic rings. The van der Waals surface area contributed by atoms with Gasteiger partial charge in [0, 0.05) is 12.1 Å². The smallest absolute Gasteiger partial charge is 0.205 e. The molecule has 0 aliphatic rings. The Balaban J connectivity index is 2.31. The molecule has 0 fully saturated rings. The van der Waals surface area contributed by atoms with Crippen molar-refractivity contribution in [3.8, 4) is 0 Å². The Labute approximate surface area is 124 Å². The first kappa shape index (κ1) is 14.7. The van der Waals surface area contributed by atoms with Crippen molar-refractivity contribution in [2.45, 2.75) is 26.7 Å². The second kappa shape index (κ2) is 6.66. The van der Waals surface area contributed by atoms with Crippen LogP contribution in [0.3, 0.4) is 0 Å². The summed E-state index contributed by atoms with van der Waals surface area (Å²) >= 11 is 1.42. The fourth-order valence-electron chi connectivity index (χ4n) is 2.05. The molecule has 0 aliphatic carbocycles. The van der Waals surface area contributed by atoms with Crippen LogP contribution < -0.4 is 5.32 Å². The number of rotatable bonds is 6. The SMILES string of the molecule is [CH2]CCNc1nc(C)c(C(=O)c2ccccc2CC)s1. The van der Waals surface area contributed by atoms with Crippen molar-refractivity contribution in [3.63, 3.8) is 0 Å². The number of nitrogens with zero attached hydrogens (tertiary/aromatic N) is 1. The topological polar surface area (TPSA) is 42.0 Å². The highest BCUT2D eigenvalue weighted by Gasteiger charge is 2.18. The number of aromatic nitrogens is 1. The summed E-state index contributed by atoms with van der Waals surface area (Å²) in [6.45, 7) is 8.50. The van der Waals surface area contributed by atoms with Gasteiger partial charge in [-0.25, -0.2) is 4.98 Å². The van der Waals surface area contributed by atoms with Crippen LogP contribution in [0.25, 0.3) is 0 Å². The Kier molecular flexibility index (Phi) is 4.90. The Bertz CT molecular complexity index is 604. The van der Waals surface area contributed by atoms with Gasteiger partial charge in [0.05, 0.1) is 10.6 Å². The van der Waals surface area contributed by atoms with E-state index in [1.165, 1.54) is 11.3 Å². The van der Waals surface area contributed by atoms with Crippen molar-refractivity contribution < 1.29 is 4.79 Å². The fourth-order valence-corrected chi connectivity index (χ4v) is 3.00. The molecule has 1 heterocycles. The van der Waals surface area contributed by atoms with Crippen LogP contribution in [0, 0.1) is 13.8 Å². The fraction of sp³-hybridized carbons (Fsp3) is 0.312. The maximum Gasteiger partial charge on any atom is 0.205 e. The molecule has 0 saturated carbocycles. The second-order valence-electron chi connectivity index (χ2n) is 4.55. The number of carbonyl (C=O) groups is 1. The number of anilines is 1. The summed E-state index contributed by atoms with van der Waals surface area (Å²) in [4.78, 5) is 17.8. The van der Waals surface area contributed by atoms with Crippen molar-refractivity contribution in [2.75, 3.05) is 11.9 Å². The van der Waals surface area contributed by atoms with E-state index in [0.29, 0.717) is 0 Å². The lowest BCUT2D eigenvalue weighted by Gasteiger charge is -2.05. The number of hydrogen-bond acceptors (Lipinski definition) is 4. The summed E-state index contributed by atoms with van der Waals surface area (Å²) in [5, 5.41) is 3.98. The van der Waals surface area contributed by atoms with Crippen LogP contribution in [0.2, 0.25) is 0 Å². The van der Waals surface area contributed by atoms with Crippen LogP contribution in [-0.2, 0) is 6.42 Å². The molecule has 3 nitrogen and oxygen atoms in total. The van der Waals surface area contributed by atoms with Gasteiger partial charge in [0.25, 0.3) is 0 Å². The molecule has 0 amide bonds. The number of hydrogen-bond donors (Lipinski definition) is 1. The van der Waals surface area contributed by atoms with Crippen molar-refractivity contribution in [1.82, 2.24) is 4.98 Å². The molecule has 2 rings (SSSR count). The predicted molar refractivity (Wildman–Crippen MR) is 84.6 cm³/mol. The number of carbonyl (C=O) groups excluding carboxylic acids is 1. The minimum Gasteiger partial charge on any atom is -0.361 e. The van der Waals surface area contributed by atoms with E-state index in [1.54, 1.807) is 0 Å². The van der Waals surface area contributed by atoms with Crippen LogP contribution in [0.5, 0.6) is 0 Å². The van der Waals surface area contributed by atoms with E-state index in [-0.39, 0.29) is 5.78 Å². The molecule has 0 atom stereocenters. The lowest BCUT2D eigenvalue weighted by atomic mass is 10.0. The third-order valence-corrected chi connectivity index (χ3v) is 4.21. The Morgan fingerprint density at radius 2 is 2.15 bits per heavy atom. The molecule has 0 saturated heterocycles. The second-order valence-corrected chi connectivity index (χ2v) is 5.55. The number of thiazole rings is 1. The van der Waals surface area contributed by atoms with Crippen molar-refractivity contribution in [1.29, 1.82) is 0 Å². The average Bonchev–Trinajstić information content (AvgIpc) is 2.85. The van der Waals surface area contributed by atoms with Crippen LogP contribution in [0.4, 0.5) is 5.13 Å². The number of ketones is 1. The van der Waals surface area contributed by atoms with E-state index in [9.17, 15) is 4.79 Å². The Hall–Kier alpha value is -1.68. The first-order valence-corrected chi connectivity index (χ1v) is 7.62. The number of benzene rings is 1. The molecule has 4 heteroatoms. The molecular formula is C16H19N2OS. The molecule has 0 unspecified atom stereocenters. The summed E-state index contributed by atoms with van der Waals surface area (Å²) in [6.07, 6.45) is 1.65. The molecule has 1 aromatic carbocycles. The maximum atomic E-state index is 12.7. The molecule has 1 aromatic heterocycles. The van der Waals surface area contributed by atoms with Crippen LogP contribution in [0.1, 0.15) is 39.8 Å². The molecular weight excluding hydrogens is 268 g/mol. The third kappa shape index (κ3) is 3.07. The number of aryl methyl sites for hydroxylation is 2. The Morgan fingerprint density at radius 3 is 2.85 bits per heavy atom. The van der Waals surface area contributed by atoms with Gasteiger partial charge in [-0.3, -0.25) is 4.79 Å². The summed E-state index contributed by atoms with van der Waals surface area (Å²) in [6, 6.07) is 7.77. The first-order chi connectivity index (χ1) is 9.67. The normalized spacial score (nSPS) is 10.6. The van der Waals surface area contributed by atoms with Gasteiger partial charge in [-0.2, -0.15) is 0 Å². The Morgan fingerprint density at radius 1 is 1.40 bits per heavy atom. The molecule has 20 heavy (non-hydrogen) atoms. The lowest BCUT2D eigenvalue weighted by Crippen LogP contribution is -2.04. The van der Waals surface area contributed by atoms with Crippen molar-refractivity contribution in [2.24, 2.45) is 0 Å². The van der Waals surface area contributed by atoms with Gasteiger partial charge >= 0.3 is 0 Å². The molecule has 1 N–H and O–H groups in total. The van der Waals surface area contributed by atoms with E-state index in [0.717, 1.165) is 46.2 Å². The van der Waals surface area contributed by atoms with E-state index < -0.39 is 0 Å². The first-order valence-electron chi connectivity index (χ1n) is 6.80. The van der Waals surface area contributed by atoms with Gasteiger partial charge < -0.3 is 5.32 Å². The minimum absolute atomic E-state index is 0.0696. The molecule has 105 valence electrons. The monoisotopic (exact) mass is 287 g/mol. The molecule has 0 spiro atoms. The van der Waals surface area contributed by atoms with Crippen LogP contribution >= 0.6 is 11.3 Å². The average molecular weight is 287 g/mol. The number of nitrogens with one attached hydrogen (secondary N) is 1. The van der Waals surface area contributed by atoms with Gasteiger partial charge in [0.15, 0.2) is 5.13 Å². The zero-order valence-corrected chi connectivity index (χ0v) is 12.7. The zero-order chi connectivity index (χ0) is 14.5. The summed E-state index contributed by atoms with van der Waals surface area (Å²) in [5.74, 6) is 0.0696. The largest absolute Gasteiger partial charge is 0.361 e. The summed E-state index contributed by atoms with van der Waals surface area (Å²) in [5.41, 5.74) is 2.65. The van der Waals surface area contributed by atoms with Crippen LogP contribution in [0.15, 0.2) is 24.3 Å². The summed E-state index contributed by atoms with van der Waals surface area (Å²) in [7, 11) is 0. The third-order valence-electron chi connectivity index (χ3n) is 3.10. The van der Waals surface area contributed by atoms with E-state index >= 15 is 0 Å². The summed E-state index contributed by atoms with van der Waals surface area (Å²) < 4.78 is 0. The van der Waals surface area contributed by atoms with Gasteiger partial charge in [0.1, 0.15) is 0 Å². The van der Waals surface area contributed by atoms with Gasteiger partial charge in [-0.1, -0.05) is 49.4 Å². The van der Waals surface area contributed by atoms with E-state index in [2.05, 4.69) is 24.1 Å². The maximum absolute atomic E-state index is 12.7. The highest BCUT2D eigenvalue weighted by atomic mass is 32.1. The molecule has 0 bridgehead atoms. The van der Waals surface area contributed by atoms with Gasteiger partial charge in [0.2, 0.25) is 5.78 Å². The highest BCUT2D eigenvalue weighted by Crippen LogP contribution is 2.26. The predicted octanol–water partition coefficient (Wildman–Crippen LogP) is 3.88. The quantitative estimate of drug-likeness (QED) is 0.820. The van der Waals surface area contributed by atoms with Gasteiger partial charge in [-0.15, -0.1) is 0 Å². The molecule has 0 aliphatic heterocycles. The standard InChI is InChI=1S/C16H19N2OS/c1-4-10-17-16-18-11(3)15(20-16)14(19)13-9-7-6-8-12(13)5-2/h6-9H,1,4-5,10H2,2-3H3,(H,17,18). The van der Waals surface area contributed by atoms with E-state index in [1.807, 2.05) is 31.2 Å². The van der Waals surface area contributed by atoms with Crippen molar-refractivity contribution >= 4 is 22.3 Å². The zero-order valence-electron chi connectivity index (χ0n) is 11.9.